The first-order valence-corrected chi connectivity index (χ1v) is 9.85. The Morgan fingerprint density at radius 3 is 1.32 bits per heavy atom. The molecule has 0 aromatic heterocycles. The second-order valence-electron chi connectivity index (χ2n) is 7.38. The molecular formula is C27H24O4. The van der Waals surface area contributed by atoms with Gasteiger partial charge in [-0.25, -0.2) is 9.59 Å². The summed E-state index contributed by atoms with van der Waals surface area (Å²) < 4.78 is 10.4. The average Bonchev–Trinajstić information content (AvgIpc) is 2.76. The van der Waals surface area contributed by atoms with Gasteiger partial charge in [0.1, 0.15) is 11.5 Å². The van der Waals surface area contributed by atoms with Crippen LogP contribution in [0.1, 0.15) is 25.0 Å². The van der Waals surface area contributed by atoms with E-state index in [4.69, 9.17) is 9.47 Å². The SMILES string of the molecule is C=C(C)C(=O)Oc1ccc(Cc2ccc(-c3ccc(OC(=O)C(=C)C)cc3)cc2)cc1. The molecule has 31 heavy (non-hydrogen) atoms. The first-order chi connectivity index (χ1) is 14.8. The van der Waals surface area contributed by atoms with Crippen LogP contribution in [0.3, 0.4) is 0 Å². The van der Waals surface area contributed by atoms with Gasteiger partial charge in [-0.1, -0.05) is 61.7 Å². The summed E-state index contributed by atoms with van der Waals surface area (Å²) in [5.74, 6) is 0.139. The summed E-state index contributed by atoms with van der Waals surface area (Å²) in [5.41, 5.74) is 5.12. The molecule has 0 fully saturated rings. The van der Waals surface area contributed by atoms with Gasteiger partial charge in [-0.2, -0.15) is 0 Å². The lowest BCUT2D eigenvalue weighted by molar-refractivity contribution is -0.130. The third-order valence-electron chi connectivity index (χ3n) is 4.59. The summed E-state index contributed by atoms with van der Waals surface area (Å²) in [4.78, 5) is 23.2. The number of carbonyl (C=O) groups excluding carboxylic acids is 2. The topological polar surface area (TPSA) is 52.6 Å². The zero-order chi connectivity index (χ0) is 22.4. The standard InChI is InChI=1S/C27H24O4/c1-18(2)26(28)30-24-13-7-21(8-14-24)17-20-5-9-22(10-6-20)23-11-15-25(16-12-23)31-27(29)19(3)4/h5-16H,1,3,17H2,2,4H3. The highest BCUT2D eigenvalue weighted by molar-refractivity contribution is 5.89. The molecule has 0 bridgehead atoms. The minimum atomic E-state index is -0.431. The molecule has 3 rings (SSSR count). The number of esters is 2. The van der Waals surface area contributed by atoms with Crippen molar-refractivity contribution in [2.75, 3.05) is 0 Å². The number of hydrogen-bond donors (Lipinski definition) is 0. The Balaban J connectivity index is 1.62. The second kappa shape index (κ2) is 9.72. The van der Waals surface area contributed by atoms with Crippen molar-refractivity contribution in [3.8, 4) is 22.6 Å². The van der Waals surface area contributed by atoms with Gasteiger partial charge in [-0.05, 0) is 66.8 Å². The fraction of sp³-hybridized carbons (Fsp3) is 0.111. The molecule has 0 radical (unpaired) electrons. The van der Waals surface area contributed by atoms with Crippen molar-refractivity contribution >= 4 is 11.9 Å². The zero-order valence-corrected chi connectivity index (χ0v) is 17.7. The molecule has 4 heteroatoms. The molecule has 0 unspecified atom stereocenters. The number of ether oxygens (including phenoxy) is 2. The van der Waals surface area contributed by atoms with Crippen molar-refractivity contribution in [1.82, 2.24) is 0 Å². The van der Waals surface area contributed by atoms with Crippen LogP contribution in [0.4, 0.5) is 0 Å². The van der Waals surface area contributed by atoms with Crippen molar-refractivity contribution in [3.05, 3.63) is 108 Å². The quantitative estimate of drug-likeness (QED) is 0.275. The van der Waals surface area contributed by atoms with Gasteiger partial charge in [0.2, 0.25) is 0 Å². The van der Waals surface area contributed by atoms with Crippen molar-refractivity contribution in [3.63, 3.8) is 0 Å². The third-order valence-corrected chi connectivity index (χ3v) is 4.59. The number of benzene rings is 3. The largest absolute Gasteiger partial charge is 0.423 e. The molecule has 0 aliphatic rings. The molecule has 0 N–H and O–H groups in total. The highest BCUT2D eigenvalue weighted by Gasteiger charge is 2.07. The van der Waals surface area contributed by atoms with Crippen molar-refractivity contribution in [2.45, 2.75) is 20.3 Å². The molecule has 0 aliphatic heterocycles. The minimum Gasteiger partial charge on any atom is -0.423 e. The predicted molar refractivity (Wildman–Crippen MR) is 122 cm³/mol. The Morgan fingerprint density at radius 1 is 0.613 bits per heavy atom. The first kappa shape index (κ1) is 21.8. The van der Waals surface area contributed by atoms with E-state index >= 15 is 0 Å². The lowest BCUT2D eigenvalue weighted by atomic mass is 10.0. The molecular weight excluding hydrogens is 388 g/mol. The van der Waals surface area contributed by atoms with Crippen molar-refractivity contribution in [1.29, 1.82) is 0 Å². The van der Waals surface area contributed by atoms with Gasteiger partial charge in [0.15, 0.2) is 0 Å². The molecule has 0 spiro atoms. The normalized spacial score (nSPS) is 10.3. The van der Waals surface area contributed by atoms with Crippen molar-refractivity contribution < 1.29 is 19.1 Å². The van der Waals surface area contributed by atoms with Gasteiger partial charge in [-0.3, -0.25) is 0 Å². The molecule has 156 valence electrons. The van der Waals surface area contributed by atoms with Crippen LogP contribution >= 0.6 is 0 Å². The first-order valence-electron chi connectivity index (χ1n) is 9.85. The smallest absolute Gasteiger partial charge is 0.338 e. The van der Waals surface area contributed by atoms with Crippen LogP contribution in [0.5, 0.6) is 11.5 Å². The predicted octanol–water partition coefficient (Wildman–Crippen LogP) is 5.91. The Morgan fingerprint density at radius 2 is 0.935 bits per heavy atom. The Hall–Kier alpha value is -3.92. The van der Waals surface area contributed by atoms with Gasteiger partial charge >= 0.3 is 11.9 Å². The van der Waals surface area contributed by atoms with E-state index in [1.807, 2.05) is 24.3 Å². The van der Waals surface area contributed by atoms with E-state index in [1.165, 1.54) is 5.56 Å². The van der Waals surface area contributed by atoms with E-state index in [0.717, 1.165) is 23.1 Å². The van der Waals surface area contributed by atoms with Crippen LogP contribution in [0, 0.1) is 0 Å². The summed E-state index contributed by atoms with van der Waals surface area (Å²) in [5, 5.41) is 0. The second-order valence-corrected chi connectivity index (χ2v) is 7.38. The molecule has 0 saturated carbocycles. The molecule has 0 aliphatic carbocycles. The Bertz CT molecular complexity index is 1110. The highest BCUT2D eigenvalue weighted by atomic mass is 16.5. The Kier molecular flexibility index (Phi) is 6.83. The van der Waals surface area contributed by atoms with Gasteiger partial charge in [0.05, 0.1) is 0 Å². The maximum atomic E-state index is 11.6. The summed E-state index contributed by atoms with van der Waals surface area (Å²) >= 11 is 0. The molecule has 3 aromatic rings. The number of hydrogen-bond acceptors (Lipinski definition) is 4. The van der Waals surface area contributed by atoms with Gasteiger partial charge in [0, 0.05) is 11.1 Å². The number of carbonyl (C=O) groups is 2. The molecule has 0 heterocycles. The van der Waals surface area contributed by atoms with E-state index in [9.17, 15) is 9.59 Å². The zero-order valence-electron chi connectivity index (χ0n) is 17.7. The van der Waals surface area contributed by atoms with E-state index in [0.29, 0.717) is 22.6 Å². The molecule has 0 atom stereocenters. The molecule has 0 amide bonds. The van der Waals surface area contributed by atoms with Crippen molar-refractivity contribution in [2.24, 2.45) is 0 Å². The number of rotatable bonds is 7. The molecule has 4 nitrogen and oxygen atoms in total. The average molecular weight is 412 g/mol. The lowest BCUT2D eigenvalue weighted by Crippen LogP contribution is -2.08. The summed E-state index contributed by atoms with van der Waals surface area (Å²) in [7, 11) is 0. The maximum Gasteiger partial charge on any atom is 0.338 e. The Labute approximate surface area is 182 Å². The van der Waals surface area contributed by atoms with Gasteiger partial charge in [0.25, 0.3) is 0 Å². The lowest BCUT2D eigenvalue weighted by Gasteiger charge is -2.08. The van der Waals surface area contributed by atoms with Gasteiger partial charge < -0.3 is 9.47 Å². The summed E-state index contributed by atoms with van der Waals surface area (Å²) in [6.07, 6.45) is 0.769. The third kappa shape index (κ3) is 6.03. The van der Waals surface area contributed by atoms with Crippen LogP contribution < -0.4 is 9.47 Å². The molecule has 0 saturated heterocycles. The van der Waals surface area contributed by atoms with Gasteiger partial charge in [-0.15, -0.1) is 0 Å². The van der Waals surface area contributed by atoms with Crippen LogP contribution in [0.25, 0.3) is 11.1 Å². The fourth-order valence-electron chi connectivity index (χ4n) is 2.83. The van der Waals surface area contributed by atoms with Crippen LogP contribution in [-0.2, 0) is 16.0 Å². The monoisotopic (exact) mass is 412 g/mol. The molecule has 3 aromatic carbocycles. The van der Waals surface area contributed by atoms with E-state index < -0.39 is 11.9 Å². The highest BCUT2D eigenvalue weighted by Crippen LogP contribution is 2.24. The maximum absolute atomic E-state index is 11.6. The summed E-state index contributed by atoms with van der Waals surface area (Å²) in [6, 6.07) is 23.1. The van der Waals surface area contributed by atoms with E-state index in [-0.39, 0.29) is 0 Å². The van der Waals surface area contributed by atoms with Crippen LogP contribution in [0.15, 0.2) is 97.1 Å². The van der Waals surface area contributed by atoms with E-state index in [2.05, 4.69) is 37.4 Å². The van der Waals surface area contributed by atoms with Crippen LogP contribution in [-0.4, -0.2) is 11.9 Å². The summed E-state index contributed by atoms with van der Waals surface area (Å²) in [6.45, 7) is 10.4. The van der Waals surface area contributed by atoms with E-state index in [1.54, 1.807) is 38.1 Å². The fourth-order valence-corrected chi connectivity index (χ4v) is 2.83. The van der Waals surface area contributed by atoms with Crippen LogP contribution in [0.2, 0.25) is 0 Å². The minimum absolute atomic E-state index is 0.363.